The van der Waals surface area contributed by atoms with Gasteiger partial charge in [-0.1, -0.05) is 115 Å². The minimum Gasteiger partial charge on any atom is -0.492 e. The maximum absolute atomic E-state index is 16.4. The van der Waals surface area contributed by atoms with E-state index in [1.807, 2.05) is 43.3 Å². The van der Waals surface area contributed by atoms with Gasteiger partial charge in [0.15, 0.2) is 0 Å². The second-order valence-corrected chi connectivity index (χ2v) is 38.4. The molecule has 41 heteroatoms. The number of ether oxygens (including phenoxy) is 1. The maximum atomic E-state index is 16.4. The van der Waals surface area contributed by atoms with Crippen molar-refractivity contribution < 1.29 is 91.4 Å². The van der Waals surface area contributed by atoms with Crippen LogP contribution in [0.15, 0.2) is 91.1 Å². The zero-order valence-corrected chi connectivity index (χ0v) is 78.9. The average molecular weight is 1880 g/mol. The summed E-state index contributed by atoms with van der Waals surface area (Å²) in [4.78, 5) is 247. The minimum atomic E-state index is -2.02. The van der Waals surface area contributed by atoms with Gasteiger partial charge in [-0.2, -0.15) is 0 Å². The molecule has 0 aliphatic carbocycles. The van der Waals surface area contributed by atoms with E-state index in [1.165, 1.54) is 48.5 Å². The number of hydrogen-bond donors (Lipinski definition) is 21. The highest BCUT2D eigenvalue weighted by Crippen LogP contribution is 2.47. The minimum absolute atomic E-state index is 0.0823. The summed E-state index contributed by atoms with van der Waals surface area (Å²) in [5.74, 6) is -15.7. The number of carbonyl (C=O) groups is 17. The Hall–Kier alpha value is -11.9. The standard InChI is InChI=1S/C91H134N20O19S2/c1-13-57-25-22-26-62-60(49-99-74(57)62)33-36-65-79(120)101-63(27-16-20-40-97-52(5)113)80(121)110-76(90(10,11)132-131-89(8,9)75(100-54(7)115)86(127)107-70(48-72(95)117)83(124)109-73(51(4)112)85(126)102-65)87(128)106-67(45-55-30-34-61(35-31-55)130-42-39-93)81(122)104-68(46-56-29-32-58-23-14-15-24-59(58)44-56)84(125)111-91(12,37-18-19-38-92)88(129)108-64(28-17-21-41-98-53(6)114)78(119)105-69(47-71(94)116)82(123)103-66(77(96)118)43-50(2)3/h14-15,22-26,29-32,34-35,44,49-51,63-70,73,75-76,99,112H,13,16-21,27-28,33,36-43,45-48,92-93H2,1-12H3,(H2,94,116)(H2,95,117)(H2,96,118)(H,97,113)(H,98,114)(H,100,115)(H,101,120)(H,102,126)(H,103,123)(H,104,122)(H,105,119)(H,106,128)(H,107,127)(H,108,129)(H,109,124)(H,110,121)(H,111,125)/t51-,63+,64+,65+,66-,67+,68+,69+,70+,73+,75-,76-,91+/m1/s1. The van der Waals surface area contributed by atoms with Crippen molar-refractivity contribution in [2.24, 2.45) is 34.6 Å². The van der Waals surface area contributed by atoms with E-state index in [-0.39, 0.29) is 134 Å². The van der Waals surface area contributed by atoms with Crippen LogP contribution in [-0.2, 0) is 107 Å². The summed E-state index contributed by atoms with van der Waals surface area (Å²) in [6, 6.07) is 6.23. The largest absolute Gasteiger partial charge is 0.492 e. The number of unbranched alkanes of at least 4 members (excludes halogenated alkanes) is 3. The molecular weight excluding hydrogens is 1740 g/mol. The van der Waals surface area contributed by atoms with Gasteiger partial charge < -0.3 is 118 Å². The van der Waals surface area contributed by atoms with Gasteiger partial charge in [-0.25, -0.2) is 0 Å². The Bertz CT molecular complexity index is 4880. The summed E-state index contributed by atoms with van der Waals surface area (Å²) in [5, 5.41) is 51.3. The van der Waals surface area contributed by atoms with Gasteiger partial charge in [0, 0.05) is 79.8 Å². The third-order valence-corrected chi connectivity index (χ3v) is 26.5. The van der Waals surface area contributed by atoms with Gasteiger partial charge in [0.25, 0.3) is 0 Å². The fourth-order valence-corrected chi connectivity index (χ4v) is 17.8. The fourth-order valence-electron chi connectivity index (χ4n) is 15.0. The maximum Gasteiger partial charge on any atom is 0.246 e. The van der Waals surface area contributed by atoms with E-state index >= 15 is 28.8 Å². The van der Waals surface area contributed by atoms with Gasteiger partial charge in [-0.15, -0.1) is 0 Å². The lowest BCUT2D eigenvalue weighted by atomic mass is 9.91. The molecule has 0 spiro atoms. The van der Waals surface area contributed by atoms with Crippen molar-refractivity contribution >= 4 is 144 Å². The lowest BCUT2D eigenvalue weighted by Crippen LogP contribution is -2.65. The molecule has 13 atom stereocenters. The number of rotatable bonds is 46. The van der Waals surface area contributed by atoms with Gasteiger partial charge in [-0.05, 0) is 183 Å². The Kier molecular flexibility index (Phi) is 43.1. The van der Waals surface area contributed by atoms with Crippen molar-refractivity contribution in [3.8, 4) is 5.75 Å². The predicted octanol–water partition coefficient (Wildman–Crippen LogP) is 0.224. The van der Waals surface area contributed by atoms with Gasteiger partial charge in [-0.3, -0.25) is 81.5 Å². The molecule has 1 aromatic heterocycles. The molecule has 2 heterocycles. The summed E-state index contributed by atoms with van der Waals surface area (Å²) >= 11 is 0. The van der Waals surface area contributed by atoms with E-state index in [2.05, 4.69) is 79.4 Å². The van der Waals surface area contributed by atoms with Crippen molar-refractivity contribution in [2.75, 3.05) is 32.8 Å². The van der Waals surface area contributed by atoms with Crippen LogP contribution in [0.5, 0.6) is 5.75 Å². The van der Waals surface area contributed by atoms with Crippen LogP contribution in [0.25, 0.3) is 21.7 Å². The quantitative estimate of drug-likeness (QED) is 0.0183. The molecular formula is C91H134N20O19S2. The molecule has 1 fully saturated rings. The molecule has 0 unspecified atom stereocenters. The van der Waals surface area contributed by atoms with Gasteiger partial charge in [0.1, 0.15) is 84.4 Å². The lowest BCUT2D eigenvalue weighted by molar-refractivity contribution is -0.138. The highest BCUT2D eigenvalue weighted by atomic mass is 33.1. The third-order valence-electron chi connectivity index (χ3n) is 22.3. The molecule has 26 N–H and O–H groups in total. The molecule has 0 radical (unpaired) electrons. The van der Waals surface area contributed by atoms with E-state index in [1.54, 1.807) is 68.6 Å². The molecule has 1 aliphatic heterocycles. The van der Waals surface area contributed by atoms with Crippen LogP contribution in [0.1, 0.15) is 189 Å². The number of aliphatic hydroxyl groups excluding tert-OH is 1. The van der Waals surface area contributed by atoms with E-state index in [0.29, 0.717) is 35.3 Å². The topological polar surface area (TPSA) is 634 Å². The highest BCUT2D eigenvalue weighted by Gasteiger charge is 2.47. The number of nitrogens with two attached hydrogens (primary N) is 5. The molecule has 724 valence electrons. The Balaban J connectivity index is 1.54. The molecule has 132 heavy (non-hydrogen) atoms. The summed E-state index contributed by atoms with van der Waals surface area (Å²) in [7, 11) is 1.82. The van der Waals surface area contributed by atoms with E-state index < -0.39 is 189 Å². The number of H-pyrrole nitrogens is 1. The van der Waals surface area contributed by atoms with Crippen molar-refractivity contribution in [3.05, 3.63) is 113 Å². The van der Waals surface area contributed by atoms with E-state index in [0.717, 1.165) is 62.7 Å². The van der Waals surface area contributed by atoms with E-state index in [4.69, 9.17) is 33.4 Å². The van der Waals surface area contributed by atoms with Crippen LogP contribution in [0.2, 0.25) is 0 Å². The average Bonchev–Trinajstić information content (AvgIpc) is 1.17. The molecule has 1 saturated heterocycles. The Morgan fingerprint density at radius 3 is 1.74 bits per heavy atom. The number of benzene rings is 4. The summed E-state index contributed by atoms with van der Waals surface area (Å²) in [6.07, 6.45) is -1.01. The first-order valence-electron chi connectivity index (χ1n) is 44.5. The number of primary amides is 3. The van der Waals surface area contributed by atoms with Crippen LogP contribution in [-0.4, -0.2) is 231 Å². The van der Waals surface area contributed by atoms with Gasteiger partial charge in [0.2, 0.25) is 100 Å². The number of amides is 17. The fraction of sp³-hybridized carbons (Fsp3) is 0.549. The van der Waals surface area contributed by atoms with Crippen LogP contribution < -0.4 is 108 Å². The molecule has 1 aliphatic rings. The van der Waals surface area contributed by atoms with Crippen LogP contribution in [0.4, 0.5) is 0 Å². The smallest absolute Gasteiger partial charge is 0.246 e. The SMILES string of the molecule is CCc1cccc2c(CC[C@@H]3NC(=O)[C@H]([C@@H](C)O)NC(=O)[C@H](CC(N)=O)NC(=O)[C@@H](NC(C)=O)C(C)(C)SSC(C)(C)[C@@H](C(=O)N[C@@H](Cc4ccc(OCCN)cc4)C(=O)N[C@@H](Cc4ccc5ccccc5c4)C(=O)N[C@@](C)(CCCCN)C(=O)N[C@@H](CCCCNC(C)=O)C(=O)N[C@@H](CC(N)=O)C(=O)N[C@H](CC(C)C)C(N)=O)NC(=O)[C@H](CCCCNC(C)=O)NC3=O)c[nH]c12. The second kappa shape index (κ2) is 52.3. The van der Waals surface area contributed by atoms with Crippen molar-refractivity contribution in [1.29, 1.82) is 0 Å². The predicted molar refractivity (Wildman–Crippen MR) is 501 cm³/mol. The zero-order chi connectivity index (χ0) is 97.9. The molecule has 4 aromatic carbocycles. The number of para-hydroxylation sites is 1. The first-order valence-corrected chi connectivity index (χ1v) is 46.6. The second-order valence-electron chi connectivity index (χ2n) is 34.9. The summed E-state index contributed by atoms with van der Waals surface area (Å²) in [6.45, 7) is 18.6. The molecule has 6 rings (SSSR count). The van der Waals surface area contributed by atoms with Gasteiger partial charge in [0.05, 0.1) is 18.9 Å². The molecule has 5 aromatic rings. The molecule has 39 nitrogen and oxygen atoms in total. The van der Waals surface area contributed by atoms with Crippen LogP contribution in [0.3, 0.4) is 0 Å². The number of aliphatic hydroxyl groups is 1. The summed E-state index contributed by atoms with van der Waals surface area (Å²) < 4.78 is 2.59. The third kappa shape index (κ3) is 34.6. The van der Waals surface area contributed by atoms with E-state index in [9.17, 15) is 57.8 Å². The van der Waals surface area contributed by atoms with Crippen molar-refractivity contribution in [1.82, 2.24) is 79.4 Å². The number of carbonyl (C=O) groups excluding carboxylic acids is 17. The van der Waals surface area contributed by atoms with Crippen molar-refractivity contribution in [3.63, 3.8) is 0 Å². The molecule has 0 bridgehead atoms. The van der Waals surface area contributed by atoms with Crippen molar-refractivity contribution in [2.45, 2.75) is 280 Å². The Morgan fingerprint density at radius 2 is 1.13 bits per heavy atom. The Morgan fingerprint density at radius 1 is 0.553 bits per heavy atom. The number of aromatic nitrogens is 1. The number of hydrogen-bond acceptors (Lipinski definition) is 23. The molecule has 17 amide bonds. The Labute approximate surface area is 776 Å². The molecule has 0 saturated carbocycles. The number of fused-ring (bicyclic) bond motifs is 2. The first-order chi connectivity index (χ1) is 62.3. The summed E-state index contributed by atoms with van der Waals surface area (Å²) in [5.41, 5.74) is 30.2. The van der Waals surface area contributed by atoms with Crippen LogP contribution in [0, 0.1) is 5.92 Å². The van der Waals surface area contributed by atoms with Crippen LogP contribution >= 0.6 is 21.6 Å². The monoisotopic (exact) mass is 1870 g/mol. The highest BCUT2D eigenvalue weighted by molar-refractivity contribution is 8.77. The van der Waals surface area contributed by atoms with Gasteiger partial charge >= 0.3 is 0 Å². The number of nitrogens with one attached hydrogen (secondary N) is 15. The number of aromatic amines is 1. The first kappa shape index (κ1) is 109. The zero-order valence-electron chi connectivity index (χ0n) is 77.2. The lowest BCUT2D eigenvalue weighted by Gasteiger charge is -2.39. The number of aryl methyl sites for hydroxylation is 2. The normalized spacial score (nSPS) is 19.2.